The van der Waals surface area contributed by atoms with Crippen LogP contribution in [0.4, 0.5) is 0 Å². The minimum Gasteiger partial charge on any atom is -0.314 e. The quantitative estimate of drug-likeness (QED) is 0.543. The molecule has 0 saturated carbocycles. The molecule has 48 valence electrons. The second-order valence-corrected chi connectivity index (χ2v) is 4.07. The van der Waals surface area contributed by atoms with Gasteiger partial charge in [0.1, 0.15) is 0 Å². The minimum absolute atomic E-state index is 0.970. The Morgan fingerprint density at radius 2 is 2.00 bits per heavy atom. The Kier molecular flexibility index (Phi) is 3.58. The summed E-state index contributed by atoms with van der Waals surface area (Å²) in [6.45, 7) is 4.83. The SMILES string of the molecule is IPN1CCNCC1. The summed E-state index contributed by atoms with van der Waals surface area (Å²) in [5, 5.41) is 3.31. The van der Waals surface area contributed by atoms with Crippen molar-refractivity contribution in [1.29, 1.82) is 0 Å². The van der Waals surface area contributed by atoms with E-state index in [9.17, 15) is 0 Å². The largest absolute Gasteiger partial charge is 0.314 e. The Bertz CT molecular complexity index is 65.1. The van der Waals surface area contributed by atoms with Crippen LogP contribution in [0.25, 0.3) is 0 Å². The molecular formula is C4H10IN2P. The molecule has 0 aromatic heterocycles. The summed E-state index contributed by atoms with van der Waals surface area (Å²) in [6.07, 6.45) is 0.970. The molecule has 1 aliphatic heterocycles. The lowest BCUT2D eigenvalue weighted by Crippen LogP contribution is -2.38. The highest BCUT2D eigenvalue weighted by Gasteiger charge is 2.05. The molecular weight excluding hydrogens is 234 g/mol. The average molecular weight is 244 g/mol. The molecule has 1 N–H and O–H groups in total. The molecule has 1 saturated heterocycles. The van der Waals surface area contributed by atoms with E-state index in [1.54, 1.807) is 0 Å². The second kappa shape index (κ2) is 3.99. The van der Waals surface area contributed by atoms with Gasteiger partial charge in [-0.15, -0.1) is 0 Å². The number of nitrogens with zero attached hydrogens (tertiary/aromatic N) is 1. The van der Waals surface area contributed by atoms with Gasteiger partial charge in [0.05, 0.1) is 0 Å². The number of hydrogen-bond donors (Lipinski definition) is 1. The molecule has 0 bridgehead atoms. The van der Waals surface area contributed by atoms with Gasteiger partial charge in [-0.25, -0.2) is 0 Å². The van der Waals surface area contributed by atoms with Crippen molar-refractivity contribution in [2.75, 3.05) is 26.2 Å². The van der Waals surface area contributed by atoms with Gasteiger partial charge in [0.25, 0.3) is 0 Å². The molecule has 1 atom stereocenters. The Labute approximate surface area is 64.7 Å². The van der Waals surface area contributed by atoms with Crippen LogP contribution < -0.4 is 5.32 Å². The maximum absolute atomic E-state index is 3.31. The summed E-state index contributed by atoms with van der Waals surface area (Å²) in [5.74, 6) is 0. The molecule has 0 aromatic rings. The van der Waals surface area contributed by atoms with E-state index in [0.29, 0.717) is 0 Å². The lowest BCUT2D eigenvalue weighted by atomic mass is 10.4. The van der Waals surface area contributed by atoms with Crippen molar-refractivity contribution >= 4 is 28.4 Å². The van der Waals surface area contributed by atoms with Crippen LogP contribution in [0.3, 0.4) is 0 Å². The Hall–Kier alpha value is 1.08. The highest BCUT2D eigenvalue weighted by atomic mass is 127. The van der Waals surface area contributed by atoms with E-state index in [0.717, 1.165) is 6.37 Å². The maximum Gasteiger partial charge on any atom is 0.0162 e. The summed E-state index contributed by atoms with van der Waals surface area (Å²) < 4.78 is 2.47. The van der Waals surface area contributed by atoms with Crippen molar-refractivity contribution in [3.05, 3.63) is 0 Å². The number of hydrogen-bond acceptors (Lipinski definition) is 2. The van der Waals surface area contributed by atoms with Gasteiger partial charge in [0, 0.05) is 32.6 Å². The molecule has 1 heterocycles. The summed E-state index contributed by atoms with van der Waals surface area (Å²) in [7, 11) is 0. The predicted octanol–water partition coefficient (Wildman–Crippen LogP) is 0.835. The van der Waals surface area contributed by atoms with Crippen LogP contribution in [-0.4, -0.2) is 30.8 Å². The van der Waals surface area contributed by atoms with Gasteiger partial charge in [0.15, 0.2) is 0 Å². The Balaban J connectivity index is 2.13. The van der Waals surface area contributed by atoms with E-state index in [2.05, 4.69) is 32.0 Å². The predicted molar refractivity (Wildman–Crippen MR) is 46.8 cm³/mol. The van der Waals surface area contributed by atoms with E-state index in [1.165, 1.54) is 26.2 Å². The van der Waals surface area contributed by atoms with Crippen molar-refractivity contribution in [1.82, 2.24) is 9.99 Å². The molecule has 4 heteroatoms. The van der Waals surface area contributed by atoms with Crippen molar-refractivity contribution in [3.63, 3.8) is 0 Å². The van der Waals surface area contributed by atoms with Gasteiger partial charge in [0.2, 0.25) is 0 Å². The van der Waals surface area contributed by atoms with Crippen molar-refractivity contribution in [2.24, 2.45) is 0 Å². The molecule has 1 fully saturated rings. The first kappa shape index (κ1) is 7.19. The highest BCUT2D eigenvalue weighted by Crippen LogP contribution is 2.26. The fraction of sp³-hybridized carbons (Fsp3) is 1.00. The fourth-order valence-electron chi connectivity index (χ4n) is 0.749. The Morgan fingerprint density at radius 3 is 2.38 bits per heavy atom. The standard InChI is InChI=1S/C4H10IN2P/c5-8-7-3-1-6-2-4-7/h6,8H,1-4H2. The van der Waals surface area contributed by atoms with Crippen molar-refractivity contribution in [3.8, 4) is 0 Å². The Morgan fingerprint density at radius 1 is 1.38 bits per heavy atom. The normalized spacial score (nSPS) is 25.1. The summed E-state index contributed by atoms with van der Waals surface area (Å²) in [5.41, 5.74) is 0. The van der Waals surface area contributed by atoms with Crippen LogP contribution in [0.5, 0.6) is 0 Å². The minimum atomic E-state index is 0.970. The van der Waals surface area contributed by atoms with Crippen LogP contribution >= 0.6 is 28.4 Å². The van der Waals surface area contributed by atoms with E-state index < -0.39 is 0 Å². The molecule has 1 unspecified atom stereocenters. The van der Waals surface area contributed by atoms with Crippen LogP contribution in [0.2, 0.25) is 0 Å². The van der Waals surface area contributed by atoms with Crippen molar-refractivity contribution in [2.45, 2.75) is 0 Å². The molecule has 1 aliphatic rings. The third kappa shape index (κ3) is 2.13. The molecule has 0 spiro atoms. The number of nitrogens with one attached hydrogen (secondary N) is 1. The second-order valence-electron chi connectivity index (χ2n) is 1.82. The zero-order valence-electron chi connectivity index (χ0n) is 4.65. The molecule has 0 aliphatic carbocycles. The third-order valence-corrected chi connectivity index (χ3v) is 3.97. The highest BCUT2D eigenvalue weighted by molar-refractivity contribution is 14.2. The summed E-state index contributed by atoms with van der Waals surface area (Å²) in [6, 6.07) is 0. The zero-order chi connectivity index (χ0) is 5.82. The smallest absolute Gasteiger partial charge is 0.0162 e. The van der Waals surface area contributed by atoms with Gasteiger partial charge in [-0.05, 0) is 22.0 Å². The lowest BCUT2D eigenvalue weighted by Gasteiger charge is -2.24. The van der Waals surface area contributed by atoms with E-state index in [-0.39, 0.29) is 0 Å². The van der Waals surface area contributed by atoms with Crippen molar-refractivity contribution < 1.29 is 0 Å². The van der Waals surface area contributed by atoms with Crippen LogP contribution in [0, 0.1) is 0 Å². The van der Waals surface area contributed by atoms with E-state index in [1.807, 2.05) is 0 Å². The molecule has 0 amide bonds. The van der Waals surface area contributed by atoms with Gasteiger partial charge in [-0.3, -0.25) is 4.67 Å². The first-order chi connectivity index (χ1) is 3.93. The van der Waals surface area contributed by atoms with Gasteiger partial charge < -0.3 is 5.32 Å². The molecule has 0 radical (unpaired) electrons. The van der Waals surface area contributed by atoms with E-state index in [4.69, 9.17) is 0 Å². The van der Waals surface area contributed by atoms with Gasteiger partial charge >= 0.3 is 0 Å². The third-order valence-electron chi connectivity index (χ3n) is 1.24. The number of piperazine rings is 1. The number of rotatable bonds is 1. The monoisotopic (exact) mass is 244 g/mol. The maximum atomic E-state index is 3.31. The topological polar surface area (TPSA) is 15.3 Å². The number of halogens is 1. The molecule has 8 heavy (non-hydrogen) atoms. The first-order valence-electron chi connectivity index (χ1n) is 2.75. The van der Waals surface area contributed by atoms with Crippen LogP contribution in [0.15, 0.2) is 0 Å². The van der Waals surface area contributed by atoms with E-state index >= 15 is 0 Å². The average Bonchev–Trinajstić information content (AvgIpc) is 1.90. The van der Waals surface area contributed by atoms with Gasteiger partial charge in [-0.1, -0.05) is 0 Å². The lowest BCUT2D eigenvalue weighted by molar-refractivity contribution is 0.395. The molecule has 1 rings (SSSR count). The summed E-state index contributed by atoms with van der Waals surface area (Å²) in [4.78, 5) is 0. The fourth-order valence-corrected chi connectivity index (χ4v) is 2.59. The first-order valence-corrected chi connectivity index (χ1v) is 6.81. The van der Waals surface area contributed by atoms with Crippen LogP contribution in [-0.2, 0) is 0 Å². The molecule has 2 nitrogen and oxygen atoms in total. The van der Waals surface area contributed by atoms with Crippen LogP contribution in [0.1, 0.15) is 0 Å². The summed E-state index contributed by atoms with van der Waals surface area (Å²) >= 11 is 2.43. The zero-order valence-corrected chi connectivity index (χ0v) is 7.81. The van der Waals surface area contributed by atoms with Gasteiger partial charge in [-0.2, -0.15) is 0 Å². The molecule has 0 aromatic carbocycles.